The Morgan fingerprint density at radius 3 is 2.50 bits per heavy atom. The summed E-state index contributed by atoms with van der Waals surface area (Å²) in [5.74, 6) is -0.00951. The molecule has 0 aromatic rings. The zero-order valence-corrected chi connectivity index (χ0v) is 7.97. The van der Waals surface area contributed by atoms with Gasteiger partial charge in [0.25, 0.3) is 0 Å². The largest absolute Gasteiger partial charge is 0.396 e. The highest BCUT2D eigenvalue weighted by atomic mass is 32.2. The lowest BCUT2D eigenvalue weighted by atomic mass is 10.1. The Bertz CT molecular complexity index is 279. The third-order valence-electron chi connectivity index (χ3n) is 2.44. The van der Waals surface area contributed by atoms with Crippen LogP contribution in [0.2, 0.25) is 0 Å². The highest BCUT2D eigenvalue weighted by molar-refractivity contribution is 7.91. The van der Waals surface area contributed by atoms with Crippen molar-refractivity contribution < 1.29 is 13.5 Å². The van der Waals surface area contributed by atoms with Gasteiger partial charge < -0.3 is 5.11 Å². The van der Waals surface area contributed by atoms with Crippen LogP contribution in [0.5, 0.6) is 0 Å². The topological polar surface area (TPSA) is 54.4 Å². The molecule has 0 saturated heterocycles. The van der Waals surface area contributed by atoms with E-state index in [0.717, 1.165) is 5.57 Å². The number of sulfone groups is 1. The van der Waals surface area contributed by atoms with Gasteiger partial charge in [-0.1, -0.05) is 12.2 Å². The van der Waals surface area contributed by atoms with Crippen molar-refractivity contribution in [2.24, 2.45) is 5.92 Å². The number of aliphatic hydroxyl groups is 1. The summed E-state index contributed by atoms with van der Waals surface area (Å²) in [6.45, 7) is 3.76. The molecule has 4 heteroatoms. The van der Waals surface area contributed by atoms with Gasteiger partial charge in [0.2, 0.25) is 0 Å². The highest BCUT2D eigenvalue weighted by Gasteiger charge is 2.33. The molecule has 0 bridgehead atoms. The second-order valence-corrected chi connectivity index (χ2v) is 5.75. The molecule has 12 heavy (non-hydrogen) atoms. The van der Waals surface area contributed by atoms with Crippen molar-refractivity contribution in [3.63, 3.8) is 0 Å². The Morgan fingerprint density at radius 2 is 2.25 bits per heavy atom. The third kappa shape index (κ3) is 1.87. The van der Waals surface area contributed by atoms with Crippen LogP contribution in [0.3, 0.4) is 0 Å². The normalized spacial score (nSPS) is 31.0. The van der Waals surface area contributed by atoms with Crippen LogP contribution < -0.4 is 0 Å². The summed E-state index contributed by atoms with van der Waals surface area (Å²) in [7, 11) is -2.95. The Morgan fingerprint density at radius 1 is 1.67 bits per heavy atom. The molecular formula is C8H14O3S. The maximum Gasteiger partial charge on any atom is 0.150 e. The maximum absolute atomic E-state index is 11.1. The van der Waals surface area contributed by atoms with Gasteiger partial charge in [-0.15, -0.1) is 0 Å². The van der Waals surface area contributed by atoms with E-state index in [4.69, 9.17) is 5.11 Å². The molecule has 1 saturated carbocycles. The molecule has 0 aliphatic heterocycles. The molecule has 0 heterocycles. The van der Waals surface area contributed by atoms with Crippen LogP contribution in [0, 0.1) is 5.92 Å². The van der Waals surface area contributed by atoms with Gasteiger partial charge in [-0.25, -0.2) is 8.42 Å². The fourth-order valence-corrected chi connectivity index (χ4v) is 2.65. The molecular weight excluding hydrogens is 176 g/mol. The van der Waals surface area contributed by atoms with Crippen molar-refractivity contribution in [2.75, 3.05) is 12.9 Å². The lowest BCUT2D eigenvalue weighted by molar-refractivity contribution is 0.249. The summed E-state index contributed by atoms with van der Waals surface area (Å²) >= 11 is 0. The Labute approximate surface area is 73.0 Å². The molecule has 0 spiro atoms. The van der Waals surface area contributed by atoms with E-state index in [1.807, 2.05) is 0 Å². The van der Waals surface area contributed by atoms with Gasteiger partial charge in [-0.2, -0.15) is 0 Å². The molecule has 0 aromatic heterocycles. The predicted octanol–water partition coefficient (Wildman–Crippen LogP) is 0.358. The molecule has 0 aromatic carbocycles. The van der Waals surface area contributed by atoms with Gasteiger partial charge in [-0.05, 0) is 12.8 Å². The summed E-state index contributed by atoms with van der Waals surface area (Å²) in [6, 6.07) is 0. The van der Waals surface area contributed by atoms with Crippen molar-refractivity contribution in [1.82, 2.24) is 0 Å². The summed E-state index contributed by atoms with van der Waals surface area (Å²) in [5.41, 5.74) is 0.868. The van der Waals surface area contributed by atoms with E-state index in [9.17, 15) is 8.42 Å². The number of hydrogen-bond donors (Lipinski definition) is 1. The molecule has 1 aliphatic carbocycles. The quantitative estimate of drug-likeness (QED) is 0.640. The lowest BCUT2D eigenvalue weighted by Crippen LogP contribution is -2.16. The van der Waals surface area contributed by atoms with E-state index < -0.39 is 9.84 Å². The second-order valence-electron chi connectivity index (χ2n) is 3.43. The standard InChI is InChI=1S/C8H14O3S/c1-6-3-8(12(2,10)11)4-7(6)5-9/h7-9H,1,3-5H2,2H3/t7-,8-/m0/s1. The molecule has 2 atom stereocenters. The van der Waals surface area contributed by atoms with Crippen LogP contribution >= 0.6 is 0 Å². The fraction of sp³-hybridized carbons (Fsp3) is 0.750. The summed E-state index contributed by atoms with van der Waals surface area (Å²) in [6.07, 6.45) is 2.29. The van der Waals surface area contributed by atoms with Crippen LogP contribution in [0.25, 0.3) is 0 Å². The summed E-state index contributed by atoms with van der Waals surface area (Å²) in [4.78, 5) is 0. The van der Waals surface area contributed by atoms with Crippen LogP contribution in [0.4, 0.5) is 0 Å². The van der Waals surface area contributed by atoms with E-state index in [0.29, 0.717) is 12.8 Å². The van der Waals surface area contributed by atoms with Crippen LogP contribution in [-0.2, 0) is 9.84 Å². The predicted molar refractivity (Wildman–Crippen MR) is 47.6 cm³/mol. The van der Waals surface area contributed by atoms with Crippen LogP contribution in [0.1, 0.15) is 12.8 Å². The molecule has 1 rings (SSSR count). The van der Waals surface area contributed by atoms with Gasteiger partial charge >= 0.3 is 0 Å². The lowest BCUT2D eigenvalue weighted by Gasteiger charge is -2.06. The molecule has 0 radical (unpaired) electrons. The van der Waals surface area contributed by atoms with E-state index in [2.05, 4.69) is 6.58 Å². The Balaban J connectivity index is 2.73. The highest BCUT2D eigenvalue weighted by Crippen LogP contribution is 2.33. The van der Waals surface area contributed by atoms with E-state index in [1.165, 1.54) is 6.26 Å². The molecule has 0 unspecified atom stereocenters. The van der Waals surface area contributed by atoms with Gasteiger partial charge in [0.05, 0.1) is 5.25 Å². The van der Waals surface area contributed by atoms with Crippen LogP contribution in [-0.4, -0.2) is 31.6 Å². The molecule has 1 fully saturated rings. The number of hydrogen-bond acceptors (Lipinski definition) is 3. The fourth-order valence-electron chi connectivity index (χ4n) is 1.56. The van der Waals surface area contributed by atoms with Gasteiger partial charge in [0, 0.05) is 18.8 Å². The maximum atomic E-state index is 11.1. The second kappa shape index (κ2) is 3.18. The number of rotatable bonds is 2. The average molecular weight is 190 g/mol. The first kappa shape index (κ1) is 9.74. The zero-order valence-electron chi connectivity index (χ0n) is 7.16. The minimum absolute atomic E-state index is 0.00951. The van der Waals surface area contributed by atoms with Crippen molar-refractivity contribution >= 4 is 9.84 Å². The van der Waals surface area contributed by atoms with Crippen LogP contribution in [0.15, 0.2) is 12.2 Å². The third-order valence-corrected chi connectivity index (χ3v) is 4.01. The first-order valence-corrected chi connectivity index (χ1v) is 5.88. The zero-order chi connectivity index (χ0) is 9.35. The molecule has 0 amide bonds. The molecule has 3 nitrogen and oxygen atoms in total. The van der Waals surface area contributed by atoms with Gasteiger partial charge in [0.1, 0.15) is 0 Å². The Kier molecular flexibility index (Phi) is 2.58. The average Bonchev–Trinajstić information content (AvgIpc) is 2.29. The summed E-state index contributed by atoms with van der Waals surface area (Å²) in [5, 5.41) is 8.55. The molecule has 1 N–H and O–H groups in total. The van der Waals surface area contributed by atoms with Crippen molar-refractivity contribution in [1.29, 1.82) is 0 Å². The van der Waals surface area contributed by atoms with Crippen molar-refractivity contribution in [3.05, 3.63) is 12.2 Å². The molecule has 1 aliphatic rings. The smallest absolute Gasteiger partial charge is 0.150 e. The first-order valence-electron chi connectivity index (χ1n) is 3.92. The first-order chi connectivity index (χ1) is 5.45. The minimum atomic E-state index is -2.95. The minimum Gasteiger partial charge on any atom is -0.396 e. The van der Waals surface area contributed by atoms with Gasteiger partial charge in [-0.3, -0.25) is 0 Å². The SMILES string of the molecule is C=C1C[C@H](S(C)(=O)=O)C[C@H]1CO. The van der Waals surface area contributed by atoms with E-state index in [1.54, 1.807) is 0 Å². The monoisotopic (exact) mass is 190 g/mol. The van der Waals surface area contributed by atoms with E-state index >= 15 is 0 Å². The van der Waals surface area contributed by atoms with Gasteiger partial charge in [0.15, 0.2) is 9.84 Å². The molecule has 70 valence electrons. The van der Waals surface area contributed by atoms with Crippen molar-refractivity contribution in [3.8, 4) is 0 Å². The Hall–Kier alpha value is -0.350. The number of aliphatic hydroxyl groups excluding tert-OH is 1. The van der Waals surface area contributed by atoms with Crippen molar-refractivity contribution in [2.45, 2.75) is 18.1 Å². The van der Waals surface area contributed by atoms with E-state index in [-0.39, 0.29) is 17.8 Å². The summed E-state index contributed by atoms with van der Waals surface area (Å²) < 4.78 is 22.2.